The Labute approximate surface area is 124 Å². The van der Waals surface area contributed by atoms with Crippen LogP contribution >= 0.6 is 0 Å². The Kier molecular flexibility index (Phi) is 3.51. The number of nitrogens with one attached hydrogen (secondary N) is 1. The van der Waals surface area contributed by atoms with E-state index >= 15 is 0 Å². The molecule has 5 heteroatoms. The summed E-state index contributed by atoms with van der Waals surface area (Å²) in [4.78, 5) is 18.8. The summed E-state index contributed by atoms with van der Waals surface area (Å²) < 4.78 is 5.50. The lowest BCUT2D eigenvalue weighted by atomic mass is 10.1. The molecule has 1 aliphatic heterocycles. The number of fused-ring (bicyclic) bond motifs is 1. The van der Waals surface area contributed by atoms with Crippen molar-refractivity contribution in [3.8, 4) is 0 Å². The molecule has 0 fully saturated rings. The topological polar surface area (TPSA) is 58.4 Å². The smallest absolute Gasteiger partial charge is 0.296 e. The molecule has 1 aromatic carbocycles. The zero-order valence-electron chi connectivity index (χ0n) is 12.5. The van der Waals surface area contributed by atoms with Crippen molar-refractivity contribution in [3.05, 3.63) is 47.2 Å². The third kappa shape index (κ3) is 2.56. The van der Waals surface area contributed by atoms with Gasteiger partial charge in [-0.15, -0.1) is 0 Å². The van der Waals surface area contributed by atoms with Crippen LogP contribution in [0.25, 0.3) is 0 Å². The number of amides is 1. The molecule has 1 amide bonds. The van der Waals surface area contributed by atoms with Gasteiger partial charge in [-0.25, -0.2) is 4.98 Å². The van der Waals surface area contributed by atoms with Crippen LogP contribution in [0.2, 0.25) is 0 Å². The number of rotatable bonds is 1. The van der Waals surface area contributed by atoms with Crippen molar-refractivity contribution in [2.45, 2.75) is 33.4 Å². The third-order valence-corrected chi connectivity index (χ3v) is 3.72. The minimum absolute atomic E-state index is 0.129. The Bertz CT molecular complexity index is 678. The fourth-order valence-electron chi connectivity index (χ4n) is 2.69. The molecule has 0 spiro atoms. The molecular weight excluding hydrogens is 266 g/mol. The number of para-hydroxylation sites is 1. The highest BCUT2D eigenvalue weighted by Gasteiger charge is 2.28. The van der Waals surface area contributed by atoms with Gasteiger partial charge in [0.2, 0.25) is 5.76 Å². The van der Waals surface area contributed by atoms with Crippen LogP contribution in [0.1, 0.15) is 34.6 Å². The average Bonchev–Trinajstić information content (AvgIpc) is 2.71. The molecule has 0 aliphatic carbocycles. The van der Waals surface area contributed by atoms with E-state index in [1.807, 2.05) is 24.3 Å². The van der Waals surface area contributed by atoms with Crippen molar-refractivity contribution < 1.29 is 9.21 Å². The lowest BCUT2D eigenvalue weighted by Crippen LogP contribution is -2.39. The van der Waals surface area contributed by atoms with Crippen LogP contribution in [0.4, 0.5) is 5.69 Å². The molecule has 110 valence electrons. The molecule has 1 unspecified atom stereocenters. The first-order valence-corrected chi connectivity index (χ1v) is 7.13. The summed E-state index contributed by atoms with van der Waals surface area (Å²) in [5.41, 5.74) is 2.69. The molecule has 0 saturated carbocycles. The number of oxazole rings is 1. The van der Waals surface area contributed by atoms with Gasteiger partial charge in [0.05, 0.1) is 5.69 Å². The Morgan fingerprint density at radius 1 is 1.38 bits per heavy atom. The molecule has 2 heterocycles. The quantitative estimate of drug-likeness (QED) is 0.874. The van der Waals surface area contributed by atoms with E-state index in [0.717, 1.165) is 17.8 Å². The Morgan fingerprint density at radius 3 is 2.86 bits per heavy atom. The summed E-state index contributed by atoms with van der Waals surface area (Å²) >= 11 is 0. The first-order chi connectivity index (χ1) is 10.1. The number of benzene rings is 1. The fourth-order valence-corrected chi connectivity index (χ4v) is 2.69. The zero-order chi connectivity index (χ0) is 15.0. The second-order valence-corrected chi connectivity index (χ2v) is 5.47. The molecule has 2 aromatic rings. The van der Waals surface area contributed by atoms with Crippen LogP contribution in [0.3, 0.4) is 0 Å². The van der Waals surface area contributed by atoms with E-state index in [1.54, 1.807) is 18.7 Å². The average molecular weight is 285 g/mol. The van der Waals surface area contributed by atoms with Crippen molar-refractivity contribution in [2.75, 3.05) is 11.4 Å². The zero-order valence-corrected chi connectivity index (χ0v) is 12.5. The van der Waals surface area contributed by atoms with E-state index < -0.39 is 0 Å². The summed E-state index contributed by atoms with van der Waals surface area (Å²) in [7, 11) is 0. The SMILES string of the molecule is Cc1nc(C)c(C(=O)N2CC(C)NCc3ccccc32)o1. The minimum atomic E-state index is -0.129. The Hall–Kier alpha value is -2.14. The second-order valence-electron chi connectivity index (χ2n) is 5.47. The molecule has 3 rings (SSSR count). The van der Waals surface area contributed by atoms with Gasteiger partial charge >= 0.3 is 0 Å². The van der Waals surface area contributed by atoms with Gasteiger partial charge in [-0.05, 0) is 25.5 Å². The minimum Gasteiger partial charge on any atom is -0.436 e. The van der Waals surface area contributed by atoms with Gasteiger partial charge in [-0.3, -0.25) is 4.79 Å². The number of aryl methyl sites for hydroxylation is 2. The molecule has 0 bridgehead atoms. The molecule has 1 aromatic heterocycles. The first-order valence-electron chi connectivity index (χ1n) is 7.13. The van der Waals surface area contributed by atoms with E-state index in [-0.39, 0.29) is 11.9 Å². The number of nitrogens with zero attached hydrogens (tertiary/aromatic N) is 2. The largest absolute Gasteiger partial charge is 0.436 e. The second kappa shape index (κ2) is 5.33. The van der Waals surface area contributed by atoms with Crippen LogP contribution in [-0.2, 0) is 6.54 Å². The first kappa shape index (κ1) is 13.8. The molecule has 1 aliphatic rings. The lowest BCUT2D eigenvalue weighted by Gasteiger charge is -2.23. The van der Waals surface area contributed by atoms with Crippen molar-refractivity contribution in [1.82, 2.24) is 10.3 Å². The Balaban J connectivity index is 2.03. The van der Waals surface area contributed by atoms with Gasteiger partial charge < -0.3 is 14.6 Å². The predicted octanol–water partition coefficient (Wildman–Crippen LogP) is 2.43. The number of hydrogen-bond acceptors (Lipinski definition) is 4. The van der Waals surface area contributed by atoms with Crippen molar-refractivity contribution in [2.24, 2.45) is 0 Å². The van der Waals surface area contributed by atoms with Gasteiger partial charge in [0, 0.05) is 31.7 Å². The summed E-state index contributed by atoms with van der Waals surface area (Å²) in [5, 5.41) is 3.42. The third-order valence-electron chi connectivity index (χ3n) is 3.72. The maximum atomic E-state index is 12.9. The summed E-state index contributed by atoms with van der Waals surface area (Å²) in [6.07, 6.45) is 0. The number of carbonyl (C=O) groups is 1. The summed E-state index contributed by atoms with van der Waals surface area (Å²) in [6, 6.07) is 8.17. The van der Waals surface area contributed by atoms with Gasteiger partial charge in [0.1, 0.15) is 0 Å². The van der Waals surface area contributed by atoms with E-state index in [9.17, 15) is 4.79 Å². The normalized spacial score (nSPS) is 18.2. The number of anilines is 1. The highest BCUT2D eigenvalue weighted by molar-refractivity contribution is 6.05. The molecular formula is C16H19N3O2. The molecule has 1 atom stereocenters. The number of carbonyl (C=O) groups excluding carboxylic acids is 1. The summed E-state index contributed by atoms with van der Waals surface area (Å²) in [5.74, 6) is 0.720. The van der Waals surface area contributed by atoms with E-state index in [0.29, 0.717) is 23.9 Å². The van der Waals surface area contributed by atoms with Crippen LogP contribution < -0.4 is 10.2 Å². The lowest BCUT2D eigenvalue weighted by molar-refractivity contribution is 0.0956. The van der Waals surface area contributed by atoms with Gasteiger partial charge in [-0.2, -0.15) is 0 Å². The van der Waals surface area contributed by atoms with Gasteiger partial charge in [-0.1, -0.05) is 18.2 Å². The number of hydrogen-bond donors (Lipinski definition) is 1. The predicted molar refractivity (Wildman–Crippen MR) is 80.4 cm³/mol. The van der Waals surface area contributed by atoms with E-state index in [1.165, 1.54) is 0 Å². The van der Waals surface area contributed by atoms with Crippen molar-refractivity contribution in [3.63, 3.8) is 0 Å². The molecule has 0 radical (unpaired) electrons. The Morgan fingerprint density at radius 2 is 2.14 bits per heavy atom. The summed E-state index contributed by atoms with van der Waals surface area (Å²) in [6.45, 7) is 6.99. The van der Waals surface area contributed by atoms with E-state index in [4.69, 9.17) is 4.42 Å². The highest BCUT2D eigenvalue weighted by Crippen LogP contribution is 2.26. The van der Waals surface area contributed by atoms with Crippen LogP contribution in [-0.4, -0.2) is 23.5 Å². The van der Waals surface area contributed by atoms with Crippen molar-refractivity contribution >= 4 is 11.6 Å². The molecule has 0 saturated heterocycles. The molecule has 21 heavy (non-hydrogen) atoms. The standard InChI is InChI=1S/C16H19N3O2/c1-10-9-19(14-7-5-4-6-13(14)8-17-10)16(20)15-11(2)18-12(3)21-15/h4-7,10,17H,8-9H2,1-3H3. The van der Waals surface area contributed by atoms with Crippen molar-refractivity contribution in [1.29, 1.82) is 0 Å². The van der Waals surface area contributed by atoms with Crippen LogP contribution in [0.15, 0.2) is 28.7 Å². The fraction of sp³-hybridized carbons (Fsp3) is 0.375. The molecule has 1 N–H and O–H groups in total. The maximum Gasteiger partial charge on any atom is 0.296 e. The monoisotopic (exact) mass is 285 g/mol. The van der Waals surface area contributed by atoms with Crippen LogP contribution in [0.5, 0.6) is 0 Å². The maximum absolute atomic E-state index is 12.9. The number of aromatic nitrogens is 1. The van der Waals surface area contributed by atoms with E-state index in [2.05, 4.69) is 17.2 Å². The molecule has 5 nitrogen and oxygen atoms in total. The van der Waals surface area contributed by atoms with Gasteiger partial charge in [0.25, 0.3) is 5.91 Å². The van der Waals surface area contributed by atoms with Crippen LogP contribution in [0, 0.1) is 13.8 Å². The van der Waals surface area contributed by atoms with Gasteiger partial charge in [0.15, 0.2) is 5.89 Å². The highest BCUT2D eigenvalue weighted by atomic mass is 16.4.